The zero-order valence-corrected chi connectivity index (χ0v) is 8.88. The molecule has 1 aliphatic rings. The lowest BCUT2D eigenvalue weighted by Gasteiger charge is -2.09. The third-order valence-electron chi connectivity index (χ3n) is 2.86. The molecule has 0 radical (unpaired) electrons. The smallest absolute Gasteiger partial charge is 0.0153 e. The van der Waals surface area contributed by atoms with Crippen LogP contribution in [0.5, 0.6) is 0 Å². The molecule has 0 bridgehead atoms. The number of allylic oxidation sites excluding steroid dienone is 4. The molecule has 0 unspecified atom stereocenters. The van der Waals surface area contributed by atoms with Crippen molar-refractivity contribution in [2.75, 3.05) is 0 Å². The highest BCUT2D eigenvalue weighted by atomic mass is 14.1. The molecule has 0 spiro atoms. The van der Waals surface area contributed by atoms with E-state index in [0.717, 1.165) is 12.8 Å². The SMILES string of the molecule is CCc1ccccc1C1=CCC=C1C. The molecule has 0 aliphatic heterocycles. The summed E-state index contributed by atoms with van der Waals surface area (Å²) in [5, 5.41) is 0. The summed E-state index contributed by atoms with van der Waals surface area (Å²) >= 11 is 0. The topological polar surface area (TPSA) is 0 Å². The molecule has 1 aromatic rings. The Morgan fingerprint density at radius 3 is 2.57 bits per heavy atom. The van der Waals surface area contributed by atoms with E-state index in [2.05, 4.69) is 50.3 Å². The summed E-state index contributed by atoms with van der Waals surface area (Å²) in [6.07, 6.45) is 6.83. The van der Waals surface area contributed by atoms with Gasteiger partial charge in [-0.25, -0.2) is 0 Å². The van der Waals surface area contributed by atoms with Crippen LogP contribution in [0.2, 0.25) is 0 Å². The third kappa shape index (κ3) is 1.52. The number of aryl methyl sites for hydroxylation is 1. The number of hydrogen-bond acceptors (Lipinski definition) is 0. The quantitative estimate of drug-likeness (QED) is 0.652. The maximum Gasteiger partial charge on any atom is -0.0153 e. The molecule has 0 heteroatoms. The summed E-state index contributed by atoms with van der Waals surface area (Å²) < 4.78 is 0. The second-order valence-electron chi connectivity index (χ2n) is 3.75. The van der Waals surface area contributed by atoms with Gasteiger partial charge in [0.1, 0.15) is 0 Å². The predicted molar refractivity (Wildman–Crippen MR) is 62.2 cm³/mol. The fourth-order valence-electron chi connectivity index (χ4n) is 2.04. The zero-order chi connectivity index (χ0) is 9.97. The molecule has 1 aromatic carbocycles. The Morgan fingerprint density at radius 2 is 1.93 bits per heavy atom. The van der Waals surface area contributed by atoms with Gasteiger partial charge in [0, 0.05) is 0 Å². The van der Waals surface area contributed by atoms with Gasteiger partial charge in [-0.15, -0.1) is 0 Å². The molecular weight excluding hydrogens is 168 g/mol. The molecule has 0 fully saturated rings. The van der Waals surface area contributed by atoms with Crippen LogP contribution < -0.4 is 0 Å². The van der Waals surface area contributed by atoms with Crippen molar-refractivity contribution in [3.05, 3.63) is 53.1 Å². The molecule has 0 saturated carbocycles. The normalized spacial score (nSPS) is 15.3. The summed E-state index contributed by atoms with van der Waals surface area (Å²) in [5.74, 6) is 0. The Hall–Kier alpha value is -1.30. The molecule has 0 heterocycles. The van der Waals surface area contributed by atoms with Crippen molar-refractivity contribution in [1.82, 2.24) is 0 Å². The maximum atomic E-state index is 2.32. The van der Waals surface area contributed by atoms with Crippen LogP contribution in [-0.2, 0) is 6.42 Å². The van der Waals surface area contributed by atoms with Crippen LogP contribution >= 0.6 is 0 Å². The lowest BCUT2D eigenvalue weighted by molar-refractivity contribution is 1.13. The third-order valence-corrected chi connectivity index (χ3v) is 2.86. The van der Waals surface area contributed by atoms with E-state index in [4.69, 9.17) is 0 Å². The van der Waals surface area contributed by atoms with E-state index in [9.17, 15) is 0 Å². The average Bonchev–Trinajstić information content (AvgIpc) is 2.64. The predicted octanol–water partition coefficient (Wildman–Crippen LogP) is 3.98. The molecule has 0 atom stereocenters. The first-order valence-corrected chi connectivity index (χ1v) is 5.28. The molecule has 72 valence electrons. The van der Waals surface area contributed by atoms with Crippen LogP contribution in [0.3, 0.4) is 0 Å². The van der Waals surface area contributed by atoms with Crippen molar-refractivity contribution in [2.24, 2.45) is 0 Å². The molecule has 0 aromatic heterocycles. The van der Waals surface area contributed by atoms with Gasteiger partial charge in [0.25, 0.3) is 0 Å². The summed E-state index contributed by atoms with van der Waals surface area (Å²) in [4.78, 5) is 0. The molecule has 2 rings (SSSR count). The Bertz CT molecular complexity index is 394. The Balaban J connectivity index is 2.46. The van der Waals surface area contributed by atoms with E-state index < -0.39 is 0 Å². The number of rotatable bonds is 2. The van der Waals surface area contributed by atoms with Crippen LogP contribution in [-0.4, -0.2) is 0 Å². The van der Waals surface area contributed by atoms with Crippen molar-refractivity contribution < 1.29 is 0 Å². The fraction of sp³-hybridized carbons (Fsp3) is 0.286. The minimum Gasteiger partial charge on any atom is -0.0772 e. The molecule has 0 N–H and O–H groups in total. The minimum atomic E-state index is 1.10. The Morgan fingerprint density at radius 1 is 1.14 bits per heavy atom. The van der Waals surface area contributed by atoms with Gasteiger partial charge < -0.3 is 0 Å². The lowest BCUT2D eigenvalue weighted by atomic mass is 9.95. The van der Waals surface area contributed by atoms with Crippen molar-refractivity contribution in [2.45, 2.75) is 26.7 Å². The largest absolute Gasteiger partial charge is 0.0772 e. The molecular formula is C14H16. The highest BCUT2D eigenvalue weighted by Crippen LogP contribution is 2.30. The van der Waals surface area contributed by atoms with Crippen LogP contribution in [0.25, 0.3) is 5.57 Å². The van der Waals surface area contributed by atoms with Gasteiger partial charge >= 0.3 is 0 Å². The van der Waals surface area contributed by atoms with Gasteiger partial charge in [-0.05, 0) is 42.0 Å². The van der Waals surface area contributed by atoms with E-state index in [1.807, 2.05) is 0 Å². The van der Waals surface area contributed by atoms with Gasteiger partial charge in [0.05, 0.1) is 0 Å². The minimum absolute atomic E-state index is 1.10. The van der Waals surface area contributed by atoms with Crippen LogP contribution in [0.1, 0.15) is 31.4 Å². The van der Waals surface area contributed by atoms with Crippen LogP contribution in [0.4, 0.5) is 0 Å². The van der Waals surface area contributed by atoms with E-state index in [-0.39, 0.29) is 0 Å². The standard InChI is InChI=1S/C14H16/c1-3-12-8-4-5-9-14(12)13-10-6-7-11(13)2/h4-5,7-10H,3,6H2,1-2H3. The van der Waals surface area contributed by atoms with Crippen molar-refractivity contribution >= 4 is 5.57 Å². The van der Waals surface area contributed by atoms with Gasteiger partial charge in [0.2, 0.25) is 0 Å². The summed E-state index contributed by atoms with van der Waals surface area (Å²) in [7, 11) is 0. The first-order chi connectivity index (χ1) is 6.83. The van der Waals surface area contributed by atoms with E-state index in [1.54, 1.807) is 0 Å². The summed E-state index contributed by atoms with van der Waals surface area (Å²) in [6, 6.07) is 8.70. The van der Waals surface area contributed by atoms with Crippen molar-refractivity contribution in [3.8, 4) is 0 Å². The highest BCUT2D eigenvalue weighted by molar-refractivity contribution is 5.82. The second kappa shape index (κ2) is 3.83. The molecule has 1 aliphatic carbocycles. The number of benzene rings is 1. The number of hydrogen-bond donors (Lipinski definition) is 0. The van der Waals surface area contributed by atoms with E-state index in [0.29, 0.717) is 0 Å². The Labute approximate surface area is 86.0 Å². The molecule has 0 saturated heterocycles. The first-order valence-electron chi connectivity index (χ1n) is 5.28. The summed E-state index contributed by atoms with van der Waals surface area (Å²) in [6.45, 7) is 4.42. The maximum absolute atomic E-state index is 2.32. The Kier molecular flexibility index (Phi) is 2.53. The van der Waals surface area contributed by atoms with Gasteiger partial charge in [-0.2, -0.15) is 0 Å². The summed E-state index contributed by atoms with van der Waals surface area (Å²) in [5.41, 5.74) is 5.72. The van der Waals surface area contributed by atoms with Crippen LogP contribution in [0.15, 0.2) is 42.0 Å². The lowest BCUT2D eigenvalue weighted by Crippen LogP contribution is -1.91. The van der Waals surface area contributed by atoms with Crippen molar-refractivity contribution in [3.63, 3.8) is 0 Å². The second-order valence-corrected chi connectivity index (χ2v) is 3.75. The van der Waals surface area contributed by atoms with Crippen LogP contribution in [0, 0.1) is 0 Å². The van der Waals surface area contributed by atoms with Gasteiger partial charge in [-0.3, -0.25) is 0 Å². The molecule has 0 amide bonds. The van der Waals surface area contributed by atoms with E-state index in [1.165, 1.54) is 22.3 Å². The monoisotopic (exact) mass is 184 g/mol. The average molecular weight is 184 g/mol. The van der Waals surface area contributed by atoms with Crippen molar-refractivity contribution in [1.29, 1.82) is 0 Å². The molecule has 0 nitrogen and oxygen atoms in total. The zero-order valence-electron chi connectivity index (χ0n) is 8.88. The fourth-order valence-corrected chi connectivity index (χ4v) is 2.04. The van der Waals surface area contributed by atoms with Gasteiger partial charge in [-0.1, -0.05) is 43.3 Å². The highest BCUT2D eigenvalue weighted by Gasteiger charge is 2.10. The van der Waals surface area contributed by atoms with E-state index >= 15 is 0 Å². The first kappa shape index (κ1) is 9.26. The molecule has 14 heavy (non-hydrogen) atoms. The van der Waals surface area contributed by atoms with Gasteiger partial charge in [0.15, 0.2) is 0 Å².